The van der Waals surface area contributed by atoms with Gasteiger partial charge in [-0.05, 0) is 25.5 Å². The van der Waals surface area contributed by atoms with Gasteiger partial charge >= 0.3 is 5.97 Å². The number of esters is 1. The summed E-state index contributed by atoms with van der Waals surface area (Å²) >= 11 is 0. The van der Waals surface area contributed by atoms with Gasteiger partial charge in [0.15, 0.2) is 0 Å². The molecule has 0 N–H and O–H groups in total. The smallest absolute Gasteiger partial charge is 0.338 e. The van der Waals surface area contributed by atoms with Gasteiger partial charge in [0.05, 0.1) is 12.2 Å². The van der Waals surface area contributed by atoms with Gasteiger partial charge in [-0.2, -0.15) is 0 Å². The zero-order valence-electron chi connectivity index (χ0n) is 11.3. The quantitative estimate of drug-likeness (QED) is 0.524. The van der Waals surface area contributed by atoms with Gasteiger partial charge in [0, 0.05) is 6.61 Å². The van der Waals surface area contributed by atoms with Crippen LogP contribution in [0.15, 0.2) is 24.3 Å². The lowest BCUT2D eigenvalue weighted by molar-refractivity contribution is 0.0312. The standard InChI is InChI=1S/C15H22O3/c1-3-4-5-9-17-10-11-18-15(16)14-8-6-7-13(2)12-14/h6-8,12H,3-5,9-11H2,1-2H3. The van der Waals surface area contributed by atoms with Gasteiger partial charge in [-0.1, -0.05) is 37.5 Å². The van der Waals surface area contributed by atoms with E-state index in [1.54, 1.807) is 6.07 Å². The third kappa shape index (κ3) is 5.82. The van der Waals surface area contributed by atoms with E-state index in [-0.39, 0.29) is 5.97 Å². The van der Waals surface area contributed by atoms with Crippen LogP contribution in [0.5, 0.6) is 0 Å². The van der Waals surface area contributed by atoms with Crippen LogP contribution in [-0.4, -0.2) is 25.8 Å². The van der Waals surface area contributed by atoms with Gasteiger partial charge in [0.25, 0.3) is 0 Å². The molecule has 0 bridgehead atoms. The first-order valence-electron chi connectivity index (χ1n) is 6.55. The Morgan fingerprint density at radius 2 is 2.00 bits per heavy atom. The summed E-state index contributed by atoms with van der Waals surface area (Å²) < 4.78 is 10.5. The minimum absolute atomic E-state index is 0.282. The van der Waals surface area contributed by atoms with Crippen LogP contribution in [0.2, 0.25) is 0 Å². The van der Waals surface area contributed by atoms with Gasteiger partial charge < -0.3 is 9.47 Å². The first kappa shape index (κ1) is 14.7. The van der Waals surface area contributed by atoms with Crippen LogP contribution in [0.1, 0.15) is 42.1 Å². The van der Waals surface area contributed by atoms with E-state index in [9.17, 15) is 4.79 Å². The zero-order chi connectivity index (χ0) is 13.2. The molecule has 0 unspecified atom stereocenters. The average Bonchev–Trinajstić information content (AvgIpc) is 2.37. The summed E-state index contributed by atoms with van der Waals surface area (Å²) in [7, 11) is 0. The SMILES string of the molecule is CCCCCOCCOC(=O)c1cccc(C)c1. The lowest BCUT2D eigenvalue weighted by Crippen LogP contribution is -2.11. The number of hydrogen-bond donors (Lipinski definition) is 0. The van der Waals surface area contributed by atoms with Gasteiger partial charge in [0.1, 0.15) is 6.61 Å². The molecule has 0 fully saturated rings. The Morgan fingerprint density at radius 1 is 1.17 bits per heavy atom. The van der Waals surface area contributed by atoms with E-state index in [1.165, 1.54) is 12.8 Å². The highest BCUT2D eigenvalue weighted by atomic mass is 16.6. The molecule has 3 nitrogen and oxygen atoms in total. The minimum Gasteiger partial charge on any atom is -0.460 e. The Hall–Kier alpha value is -1.35. The summed E-state index contributed by atoms with van der Waals surface area (Å²) in [4.78, 5) is 11.7. The molecule has 0 aliphatic rings. The Kier molecular flexibility index (Phi) is 7.11. The molecule has 1 aromatic rings. The maximum absolute atomic E-state index is 11.7. The third-order valence-electron chi connectivity index (χ3n) is 2.61. The van der Waals surface area contributed by atoms with Crippen molar-refractivity contribution in [2.45, 2.75) is 33.1 Å². The van der Waals surface area contributed by atoms with Crippen LogP contribution in [0, 0.1) is 6.92 Å². The molecule has 1 rings (SSSR count). The van der Waals surface area contributed by atoms with Crippen molar-refractivity contribution in [1.82, 2.24) is 0 Å². The van der Waals surface area contributed by atoms with Crippen molar-refractivity contribution >= 4 is 5.97 Å². The van der Waals surface area contributed by atoms with E-state index in [0.717, 1.165) is 18.6 Å². The molecular weight excluding hydrogens is 228 g/mol. The predicted octanol–water partition coefficient (Wildman–Crippen LogP) is 3.36. The molecule has 0 atom stereocenters. The van der Waals surface area contributed by atoms with E-state index < -0.39 is 0 Å². The van der Waals surface area contributed by atoms with Crippen molar-refractivity contribution < 1.29 is 14.3 Å². The molecule has 0 heterocycles. The first-order valence-corrected chi connectivity index (χ1v) is 6.55. The summed E-state index contributed by atoms with van der Waals surface area (Å²) in [5.74, 6) is -0.282. The second kappa shape index (κ2) is 8.70. The van der Waals surface area contributed by atoms with Gasteiger partial charge in [-0.25, -0.2) is 4.79 Å². The molecule has 0 aliphatic heterocycles. The number of carbonyl (C=O) groups excluding carboxylic acids is 1. The topological polar surface area (TPSA) is 35.5 Å². The van der Waals surface area contributed by atoms with E-state index in [2.05, 4.69) is 6.92 Å². The van der Waals surface area contributed by atoms with Gasteiger partial charge in [-0.15, -0.1) is 0 Å². The zero-order valence-corrected chi connectivity index (χ0v) is 11.3. The van der Waals surface area contributed by atoms with Crippen molar-refractivity contribution in [3.8, 4) is 0 Å². The maximum atomic E-state index is 11.7. The predicted molar refractivity (Wildman–Crippen MR) is 71.8 cm³/mol. The van der Waals surface area contributed by atoms with E-state index in [0.29, 0.717) is 18.8 Å². The fourth-order valence-corrected chi connectivity index (χ4v) is 1.60. The number of rotatable bonds is 8. The number of aryl methyl sites for hydroxylation is 1. The molecule has 0 aliphatic carbocycles. The maximum Gasteiger partial charge on any atom is 0.338 e. The summed E-state index contributed by atoms with van der Waals surface area (Å²) in [5.41, 5.74) is 1.65. The van der Waals surface area contributed by atoms with E-state index in [4.69, 9.17) is 9.47 Å². The van der Waals surface area contributed by atoms with Gasteiger partial charge in [-0.3, -0.25) is 0 Å². The van der Waals surface area contributed by atoms with E-state index in [1.807, 2.05) is 25.1 Å². The lowest BCUT2D eigenvalue weighted by Gasteiger charge is -2.06. The van der Waals surface area contributed by atoms with Gasteiger partial charge in [0.2, 0.25) is 0 Å². The van der Waals surface area contributed by atoms with E-state index >= 15 is 0 Å². The van der Waals surface area contributed by atoms with Crippen LogP contribution < -0.4 is 0 Å². The van der Waals surface area contributed by atoms with Crippen molar-refractivity contribution in [3.05, 3.63) is 35.4 Å². The number of benzene rings is 1. The van der Waals surface area contributed by atoms with Crippen molar-refractivity contribution in [1.29, 1.82) is 0 Å². The fraction of sp³-hybridized carbons (Fsp3) is 0.533. The fourth-order valence-electron chi connectivity index (χ4n) is 1.60. The highest BCUT2D eigenvalue weighted by Gasteiger charge is 2.06. The Morgan fingerprint density at radius 3 is 2.72 bits per heavy atom. The summed E-state index contributed by atoms with van der Waals surface area (Å²) in [6.45, 7) is 5.65. The summed E-state index contributed by atoms with van der Waals surface area (Å²) in [6, 6.07) is 7.39. The molecule has 0 aromatic heterocycles. The van der Waals surface area contributed by atoms with Crippen molar-refractivity contribution in [2.75, 3.05) is 19.8 Å². The molecule has 0 radical (unpaired) electrons. The molecule has 0 saturated heterocycles. The molecule has 0 spiro atoms. The molecule has 3 heteroatoms. The number of ether oxygens (including phenoxy) is 2. The van der Waals surface area contributed by atoms with Crippen LogP contribution >= 0.6 is 0 Å². The lowest BCUT2D eigenvalue weighted by atomic mass is 10.1. The Labute approximate surface area is 109 Å². The Balaban J connectivity index is 2.14. The molecule has 18 heavy (non-hydrogen) atoms. The molecule has 100 valence electrons. The van der Waals surface area contributed by atoms with Crippen molar-refractivity contribution in [3.63, 3.8) is 0 Å². The largest absolute Gasteiger partial charge is 0.460 e. The van der Waals surface area contributed by atoms with Crippen LogP contribution in [0.3, 0.4) is 0 Å². The molecule has 1 aromatic carbocycles. The van der Waals surface area contributed by atoms with Crippen LogP contribution in [0.25, 0.3) is 0 Å². The first-order chi connectivity index (χ1) is 8.74. The normalized spacial score (nSPS) is 10.3. The minimum atomic E-state index is -0.282. The number of carbonyl (C=O) groups is 1. The van der Waals surface area contributed by atoms with Crippen LogP contribution in [0.4, 0.5) is 0 Å². The second-order valence-corrected chi connectivity index (χ2v) is 4.32. The summed E-state index contributed by atoms with van der Waals surface area (Å²) in [6.07, 6.45) is 3.44. The summed E-state index contributed by atoms with van der Waals surface area (Å²) in [5, 5.41) is 0. The molecule has 0 saturated carbocycles. The average molecular weight is 250 g/mol. The second-order valence-electron chi connectivity index (χ2n) is 4.32. The van der Waals surface area contributed by atoms with Crippen LogP contribution in [-0.2, 0) is 9.47 Å². The van der Waals surface area contributed by atoms with Crippen molar-refractivity contribution in [2.24, 2.45) is 0 Å². The monoisotopic (exact) mass is 250 g/mol. The molecule has 0 amide bonds. The highest BCUT2D eigenvalue weighted by molar-refractivity contribution is 5.89. The third-order valence-corrected chi connectivity index (χ3v) is 2.61. The molecular formula is C15H22O3. The number of hydrogen-bond acceptors (Lipinski definition) is 3. The highest BCUT2D eigenvalue weighted by Crippen LogP contribution is 2.05. The Bertz CT molecular complexity index is 361. The number of unbranched alkanes of at least 4 members (excludes halogenated alkanes) is 2.